The minimum Gasteiger partial charge on any atom is -0.406 e. The van der Waals surface area contributed by atoms with Gasteiger partial charge >= 0.3 is 12.1 Å². The first-order chi connectivity index (χ1) is 11.7. The van der Waals surface area contributed by atoms with Crippen LogP contribution in [-0.2, 0) is 27.1 Å². The van der Waals surface area contributed by atoms with Gasteiger partial charge in [-0.05, 0) is 24.6 Å². The third-order valence-electron chi connectivity index (χ3n) is 3.60. The lowest BCUT2D eigenvalue weighted by Crippen LogP contribution is -2.39. The van der Waals surface area contributed by atoms with Crippen molar-refractivity contribution in [3.63, 3.8) is 0 Å². The molecule has 0 radical (unpaired) electrons. The quantitative estimate of drug-likeness (QED) is 0.792. The van der Waals surface area contributed by atoms with Gasteiger partial charge in [-0.15, -0.1) is 13.2 Å². The number of ether oxygens (including phenoxy) is 1. The Balaban J connectivity index is 1.99. The highest BCUT2D eigenvalue weighted by atomic mass is 19.4. The second-order valence-electron chi connectivity index (χ2n) is 5.49. The van der Waals surface area contributed by atoms with Crippen LogP contribution in [0.3, 0.4) is 0 Å². The summed E-state index contributed by atoms with van der Waals surface area (Å²) in [4.78, 5) is 23.6. The summed E-state index contributed by atoms with van der Waals surface area (Å²) < 4.78 is 43.4. The van der Waals surface area contributed by atoms with E-state index in [1.165, 1.54) is 37.0 Å². The Bertz CT molecular complexity index is 856. The number of hydrogen-bond acceptors (Lipinski definition) is 4. The third kappa shape index (κ3) is 4.96. The first kappa shape index (κ1) is 18.8. The molecule has 1 N–H and O–H groups in total. The lowest BCUT2D eigenvalue weighted by Gasteiger charge is -2.13. The van der Waals surface area contributed by atoms with E-state index in [1.54, 1.807) is 12.1 Å². The lowest BCUT2D eigenvalue weighted by atomic mass is 10.1. The lowest BCUT2D eigenvalue weighted by molar-refractivity contribution is -0.274. The van der Waals surface area contributed by atoms with Crippen LogP contribution in [0.1, 0.15) is 11.1 Å². The summed E-state index contributed by atoms with van der Waals surface area (Å²) >= 11 is 0. The van der Waals surface area contributed by atoms with Gasteiger partial charge in [0.15, 0.2) is 0 Å². The molecule has 1 aromatic heterocycles. The summed E-state index contributed by atoms with van der Waals surface area (Å²) in [6, 6.07) is 5.90. The molecule has 0 amide bonds. The fourth-order valence-electron chi connectivity index (χ4n) is 2.39. The minimum absolute atomic E-state index is 0.198. The first-order valence-electron chi connectivity index (χ1n) is 7.49. The number of nitrogens with one attached hydrogen (secondary N) is 1. The van der Waals surface area contributed by atoms with Crippen molar-refractivity contribution in [2.45, 2.75) is 19.3 Å². The van der Waals surface area contributed by atoms with Crippen LogP contribution >= 0.6 is 0 Å². The van der Waals surface area contributed by atoms with Crippen LogP contribution in [0, 0.1) is 0 Å². The molecule has 6 nitrogen and oxygen atoms in total. The van der Waals surface area contributed by atoms with Gasteiger partial charge in [0.1, 0.15) is 5.75 Å². The van der Waals surface area contributed by atoms with Crippen molar-refractivity contribution in [3.05, 3.63) is 62.4 Å². The number of aryl methyl sites for hydroxylation is 1. The van der Waals surface area contributed by atoms with E-state index < -0.39 is 17.6 Å². The van der Waals surface area contributed by atoms with E-state index in [0.717, 1.165) is 4.57 Å². The second kappa shape index (κ2) is 7.56. The zero-order valence-corrected chi connectivity index (χ0v) is 13.8. The number of rotatable bonds is 6. The fraction of sp³-hybridized carbons (Fsp3) is 0.375. The summed E-state index contributed by atoms with van der Waals surface area (Å²) in [5.74, 6) is -0.241. The van der Waals surface area contributed by atoms with E-state index in [0.29, 0.717) is 24.1 Å². The molecule has 0 saturated heterocycles. The predicted octanol–water partition coefficient (Wildman–Crippen LogP) is 1.31. The SMILES string of the molecule is Cn1cc(CNCCc2ccccc2OC(F)(F)F)c(=O)n(C)c1=O. The smallest absolute Gasteiger partial charge is 0.406 e. The van der Waals surface area contributed by atoms with Crippen LogP contribution in [0.15, 0.2) is 40.1 Å². The van der Waals surface area contributed by atoms with Crippen LogP contribution in [0.5, 0.6) is 5.75 Å². The molecule has 2 rings (SSSR count). The average Bonchev–Trinajstić information content (AvgIpc) is 2.54. The molecule has 0 spiro atoms. The normalized spacial score (nSPS) is 11.6. The van der Waals surface area contributed by atoms with E-state index in [4.69, 9.17) is 0 Å². The molecule has 0 aliphatic rings. The zero-order valence-electron chi connectivity index (χ0n) is 13.8. The van der Waals surface area contributed by atoms with Crippen molar-refractivity contribution >= 4 is 0 Å². The maximum Gasteiger partial charge on any atom is 0.573 e. The van der Waals surface area contributed by atoms with E-state index >= 15 is 0 Å². The topological polar surface area (TPSA) is 65.3 Å². The molecule has 25 heavy (non-hydrogen) atoms. The zero-order chi connectivity index (χ0) is 18.6. The van der Waals surface area contributed by atoms with Crippen molar-refractivity contribution in [3.8, 4) is 5.75 Å². The highest BCUT2D eigenvalue weighted by molar-refractivity contribution is 5.33. The van der Waals surface area contributed by atoms with Crippen LogP contribution < -0.4 is 21.3 Å². The summed E-state index contributed by atoms with van der Waals surface area (Å²) in [6.07, 6.45) is -3.01. The van der Waals surface area contributed by atoms with Gasteiger partial charge < -0.3 is 14.6 Å². The van der Waals surface area contributed by atoms with Gasteiger partial charge in [0.2, 0.25) is 0 Å². The van der Waals surface area contributed by atoms with Gasteiger partial charge in [-0.2, -0.15) is 0 Å². The van der Waals surface area contributed by atoms with Crippen LogP contribution in [-0.4, -0.2) is 22.0 Å². The number of benzene rings is 1. The molecule has 0 aliphatic carbocycles. The Morgan fingerprint density at radius 3 is 2.48 bits per heavy atom. The van der Waals surface area contributed by atoms with Crippen molar-refractivity contribution < 1.29 is 17.9 Å². The van der Waals surface area contributed by atoms with Crippen molar-refractivity contribution in [2.75, 3.05) is 6.54 Å². The predicted molar refractivity (Wildman–Crippen MR) is 85.5 cm³/mol. The van der Waals surface area contributed by atoms with E-state index in [2.05, 4.69) is 10.1 Å². The molecule has 136 valence electrons. The van der Waals surface area contributed by atoms with Gasteiger partial charge in [-0.25, -0.2) is 4.79 Å². The monoisotopic (exact) mass is 357 g/mol. The van der Waals surface area contributed by atoms with Gasteiger partial charge in [0, 0.05) is 32.4 Å². The molecule has 0 unspecified atom stereocenters. The number of hydrogen-bond donors (Lipinski definition) is 1. The number of alkyl halides is 3. The molecule has 1 heterocycles. The number of halogens is 3. The van der Waals surface area contributed by atoms with Crippen molar-refractivity contribution in [1.29, 1.82) is 0 Å². The van der Waals surface area contributed by atoms with Gasteiger partial charge in [0.25, 0.3) is 5.56 Å². The van der Waals surface area contributed by atoms with Gasteiger partial charge in [0.05, 0.1) is 0 Å². The van der Waals surface area contributed by atoms with Crippen molar-refractivity contribution in [1.82, 2.24) is 14.5 Å². The largest absolute Gasteiger partial charge is 0.573 e. The molecule has 0 aliphatic heterocycles. The molecule has 0 bridgehead atoms. The molecule has 0 fully saturated rings. The van der Waals surface area contributed by atoms with E-state index in [1.807, 2.05) is 0 Å². The maximum atomic E-state index is 12.4. The van der Waals surface area contributed by atoms with Crippen LogP contribution in [0.4, 0.5) is 13.2 Å². The molecule has 1 aromatic carbocycles. The Morgan fingerprint density at radius 1 is 1.12 bits per heavy atom. The minimum atomic E-state index is -4.75. The van der Waals surface area contributed by atoms with Gasteiger partial charge in [-0.3, -0.25) is 9.36 Å². The summed E-state index contributed by atoms with van der Waals surface area (Å²) in [6.45, 7) is 0.535. The van der Waals surface area contributed by atoms with Crippen LogP contribution in [0.2, 0.25) is 0 Å². The fourth-order valence-corrected chi connectivity index (χ4v) is 2.39. The van der Waals surface area contributed by atoms with Crippen LogP contribution in [0.25, 0.3) is 0 Å². The second-order valence-corrected chi connectivity index (χ2v) is 5.49. The summed E-state index contributed by atoms with van der Waals surface area (Å²) in [5.41, 5.74) is -0.0338. The Hall–Kier alpha value is -2.55. The Kier molecular flexibility index (Phi) is 5.68. The van der Waals surface area contributed by atoms with E-state index in [-0.39, 0.29) is 12.3 Å². The molecule has 0 atom stereocenters. The molecule has 9 heteroatoms. The molecule has 2 aromatic rings. The van der Waals surface area contributed by atoms with Gasteiger partial charge in [-0.1, -0.05) is 18.2 Å². The number of para-hydroxylation sites is 1. The number of nitrogens with zero attached hydrogens (tertiary/aromatic N) is 2. The number of aromatic nitrogens is 2. The first-order valence-corrected chi connectivity index (χ1v) is 7.49. The molecule has 0 saturated carbocycles. The third-order valence-corrected chi connectivity index (χ3v) is 3.60. The highest BCUT2D eigenvalue weighted by Crippen LogP contribution is 2.26. The maximum absolute atomic E-state index is 12.4. The highest BCUT2D eigenvalue weighted by Gasteiger charge is 2.31. The average molecular weight is 357 g/mol. The van der Waals surface area contributed by atoms with Crippen molar-refractivity contribution in [2.24, 2.45) is 14.1 Å². The Morgan fingerprint density at radius 2 is 1.80 bits per heavy atom. The molecular weight excluding hydrogens is 339 g/mol. The standard InChI is InChI=1S/C16H18F3N3O3/c1-21-10-12(14(23)22(2)15(21)24)9-20-8-7-11-5-3-4-6-13(11)25-16(17,18)19/h3-6,10,20H,7-9H2,1-2H3. The summed E-state index contributed by atoms with van der Waals surface area (Å²) in [7, 11) is 2.93. The molecular formula is C16H18F3N3O3. The Labute approximate surface area is 141 Å². The summed E-state index contributed by atoms with van der Waals surface area (Å²) in [5, 5.41) is 2.99. The van der Waals surface area contributed by atoms with E-state index in [9.17, 15) is 22.8 Å².